The highest BCUT2D eigenvalue weighted by molar-refractivity contribution is 5.81. The van der Waals surface area contributed by atoms with Gasteiger partial charge in [0.2, 0.25) is 5.95 Å². The van der Waals surface area contributed by atoms with Crippen molar-refractivity contribution in [2.45, 2.75) is 0 Å². The Bertz CT molecular complexity index is 769. The van der Waals surface area contributed by atoms with Crippen molar-refractivity contribution >= 4 is 5.95 Å². The minimum absolute atomic E-state index is 0.179. The van der Waals surface area contributed by atoms with Gasteiger partial charge < -0.3 is 5.73 Å². The lowest BCUT2D eigenvalue weighted by Crippen LogP contribution is -1.98. The van der Waals surface area contributed by atoms with E-state index in [1.54, 1.807) is 12.4 Å². The Hall–Kier alpha value is -3.13. The molecular formula is C15H11N5. The van der Waals surface area contributed by atoms with Gasteiger partial charge in [0, 0.05) is 23.5 Å². The SMILES string of the molecule is N#Cn1c(N)nc(-c2ccncc2)c1-c1ccccc1. The minimum Gasteiger partial charge on any atom is -0.368 e. The fourth-order valence-electron chi connectivity index (χ4n) is 2.11. The molecule has 0 aliphatic carbocycles. The van der Waals surface area contributed by atoms with Crippen LogP contribution >= 0.6 is 0 Å². The van der Waals surface area contributed by atoms with E-state index in [0.717, 1.165) is 11.1 Å². The molecule has 0 fully saturated rings. The average molecular weight is 261 g/mol. The van der Waals surface area contributed by atoms with Crippen LogP contribution in [0.15, 0.2) is 54.9 Å². The Morgan fingerprint density at radius 1 is 1.00 bits per heavy atom. The zero-order valence-corrected chi connectivity index (χ0v) is 10.6. The van der Waals surface area contributed by atoms with Crippen LogP contribution in [0.5, 0.6) is 0 Å². The van der Waals surface area contributed by atoms with Crippen molar-refractivity contribution in [3.8, 4) is 28.7 Å². The molecule has 5 nitrogen and oxygen atoms in total. The Morgan fingerprint density at radius 3 is 2.35 bits per heavy atom. The maximum Gasteiger partial charge on any atom is 0.215 e. The van der Waals surface area contributed by atoms with Gasteiger partial charge in [-0.15, -0.1) is 0 Å². The molecule has 3 rings (SSSR count). The van der Waals surface area contributed by atoms with Gasteiger partial charge in [-0.25, -0.2) is 9.55 Å². The van der Waals surface area contributed by atoms with Crippen LogP contribution in [0.25, 0.3) is 22.5 Å². The second-order valence-corrected chi connectivity index (χ2v) is 4.20. The molecule has 0 spiro atoms. The van der Waals surface area contributed by atoms with Crippen LogP contribution in [0.3, 0.4) is 0 Å². The van der Waals surface area contributed by atoms with E-state index in [4.69, 9.17) is 5.73 Å². The molecule has 0 saturated heterocycles. The number of rotatable bonds is 2. The van der Waals surface area contributed by atoms with Crippen molar-refractivity contribution < 1.29 is 0 Å². The zero-order valence-electron chi connectivity index (χ0n) is 10.6. The Morgan fingerprint density at radius 2 is 1.70 bits per heavy atom. The van der Waals surface area contributed by atoms with Gasteiger partial charge in [-0.3, -0.25) is 4.98 Å². The minimum atomic E-state index is 0.179. The second kappa shape index (κ2) is 4.86. The molecule has 5 heteroatoms. The number of nitrogens with zero attached hydrogens (tertiary/aromatic N) is 4. The highest BCUT2D eigenvalue weighted by atomic mass is 15.2. The summed E-state index contributed by atoms with van der Waals surface area (Å²) in [6.45, 7) is 0. The van der Waals surface area contributed by atoms with Crippen molar-refractivity contribution in [1.29, 1.82) is 5.26 Å². The van der Waals surface area contributed by atoms with Crippen molar-refractivity contribution in [2.75, 3.05) is 5.73 Å². The molecule has 1 aromatic carbocycles. The lowest BCUT2D eigenvalue weighted by Gasteiger charge is -2.04. The van der Waals surface area contributed by atoms with Crippen LogP contribution < -0.4 is 5.73 Å². The van der Waals surface area contributed by atoms with Gasteiger partial charge >= 0.3 is 0 Å². The maximum absolute atomic E-state index is 9.30. The van der Waals surface area contributed by atoms with Crippen molar-refractivity contribution in [1.82, 2.24) is 14.5 Å². The van der Waals surface area contributed by atoms with Gasteiger partial charge in [0.15, 0.2) is 6.19 Å². The van der Waals surface area contributed by atoms with Crippen molar-refractivity contribution in [2.24, 2.45) is 0 Å². The van der Waals surface area contributed by atoms with Crippen LogP contribution in [0.4, 0.5) is 5.95 Å². The third-order valence-electron chi connectivity index (χ3n) is 3.00. The van der Waals surface area contributed by atoms with Crippen LogP contribution in [0, 0.1) is 11.5 Å². The first-order chi connectivity index (χ1) is 9.81. The number of hydrogen-bond donors (Lipinski definition) is 1. The predicted molar refractivity (Wildman–Crippen MR) is 76.3 cm³/mol. The van der Waals surface area contributed by atoms with Crippen molar-refractivity contribution in [3.63, 3.8) is 0 Å². The molecule has 96 valence electrons. The van der Waals surface area contributed by atoms with E-state index < -0.39 is 0 Å². The summed E-state index contributed by atoms with van der Waals surface area (Å²) in [7, 11) is 0. The van der Waals surface area contributed by atoms with Gasteiger partial charge in [-0.2, -0.15) is 5.26 Å². The Labute approximate surface area is 116 Å². The molecule has 0 atom stereocenters. The third-order valence-corrected chi connectivity index (χ3v) is 3.00. The van der Waals surface area contributed by atoms with Crippen LogP contribution in [-0.4, -0.2) is 14.5 Å². The number of nitrogens with two attached hydrogens (primary N) is 1. The predicted octanol–water partition coefficient (Wildman–Crippen LogP) is 2.52. The topological polar surface area (TPSA) is 80.5 Å². The summed E-state index contributed by atoms with van der Waals surface area (Å²) in [6, 6.07) is 13.3. The standard InChI is InChI=1S/C15H11N5/c16-10-20-14(12-4-2-1-3-5-12)13(19-15(20)17)11-6-8-18-9-7-11/h1-9H,(H2,17,19). The fraction of sp³-hybridized carbons (Fsp3) is 0. The summed E-state index contributed by atoms with van der Waals surface area (Å²) in [6.07, 6.45) is 5.44. The summed E-state index contributed by atoms with van der Waals surface area (Å²) in [5, 5.41) is 9.30. The maximum atomic E-state index is 9.30. The van der Waals surface area contributed by atoms with Crippen LogP contribution in [0.2, 0.25) is 0 Å². The third kappa shape index (κ3) is 1.89. The molecule has 0 radical (unpaired) electrons. The van der Waals surface area contributed by atoms with E-state index in [9.17, 15) is 5.26 Å². The first-order valence-electron chi connectivity index (χ1n) is 6.05. The molecule has 2 heterocycles. The summed E-state index contributed by atoms with van der Waals surface area (Å²) < 4.78 is 1.34. The molecule has 20 heavy (non-hydrogen) atoms. The van der Waals surface area contributed by atoms with E-state index in [2.05, 4.69) is 16.2 Å². The first-order valence-corrected chi connectivity index (χ1v) is 6.05. The molecule has 3 aromatic rings. The van der Waals surface area contributed by atoms with E-state index in [1.165, 1.54) is 4.57 Å². The van der Waals surface area contributed by atoms with Gasteiger partial charge in [0.1, 0.15) is 0 Å². The van der Waals surface area contributed by atoms with Gasteiger partial charge in [-0.05, 0) is 12.1 Å². The summed E-state index contributed by atoms with van der Waals surface area (Å²) in [4.78, 5) is 8.31. The first kappa shape index (κ1) is 11.9. The number of anilines is 1. The second-order valence-electron chi connectivity index (χ2n) is 4.20. The molecule has 2 aromatic heterocycles. The number of aromatic nitrogens is 3. The summed E-state index contributed by atoms with van der Waals surface area (Å²) in [5.41, 5.74) is 8.98. The smallest absolute Gasteiger partial charge is 0.215 e. The number of hydrogen-bond acceptors (Lipinski definition) is 4. The molecule has 2 N–H and O–H groups in total. The van der Waals surface area contributed by atoms with E-state index in [-0.39, 0.29) is 5.95 Å². The van der Waals surface area contributed by atoms with Crippen LogP contribution in [-0.2, 0) is 0 Å². The van der Waals surface area contributed by atoms with Gasteiger partial charge in [0.25, 0.3) is 0 Å². The number of pyridine rings is 1. The Kier molecular flexibility index (Phi) is 2.90. The van der Waals surface area contributed by atoms with E-state index >= 15 is 0 Å². The number of benzene rings is 1. The van der Waals surface area contributed by atoms with E-state index in [0.29, 0.717) is 11.4 Å². The molecule has 0 amide bonds. The molecule has 0 aliphatic rings. The lowest BCUT2D eigenvalue weighted by molar-refractivity contribution is 1.10. The number of nitriles is 1. The zero-order chi connectivity index (χ0) is 13.9. The normalized spacial score (nSPS) is 10.2. The molecule has 0 unspecified atom stereocenters. The Balaban J connectivity index is 2.30. The monoisotopic (exact) mass is 261 g/mol. The average Bonchev–Trinajstić information content (AvgIpc) is 2.85. The molecule has 0 aliphatic heterocycles. The number of imidazole rings is 1. The fourth-order valence-corrected chi connectivity index (χ4v) is 2.11. The van der Waals surface area contributed by atoms with E-state index in [1.807, 2.05) is 42.5 Å². The molecule has 0 bridgehead atoms. The molecule has 0 saturated carbocycles. The largest absolute Gasteiger partial charge is 0.368 e. The highest BCUT2D eigenvalue weighted by Gasteiger charge is 2.18. The van der Waals surface area contributed by atoms with Crippen molar-refractivity contribution in [3.05, 3.63) is 54.9 Å². The van der Waals surface area contributed by atoms with Gasteiger partial charge in [0.05, 0.1) is 11.4 Å². The number of nitrogen functional groups attached to an aromatic ring is 1. The summed E-state index contributed by atoms with van der Waals surface area (Å²) in [5.74, 6) is 0.179. The summed E-state index contributed by atoms with van der Waals surface area (Å²) >= 11 is 0. The lowest BCUT2D eigenvalue weighted by atomic mass is 10.1. The quantitative estimate of drug-likeness (QED) is 0.768. The van der Waals surface area contributed by atoms with Crippen LogP contribution in [0.1, 0.15) is 0 Å². The molecular weight excluding hydrogens is 250 g/mol. The highest BCUT2D eigenvalue weighted by Crippen LogP contribution is 2.32. The van der Waals surface area contributed by atoms with Gasteiger partial charge in [-0.1, -0.05) is 30.3 Å².